The molecule has 2 aliphatic heterocycles. The van der Waals surface area contributed by atoms with E-state index < -0.39 is 0 Å². The summed E-state index contributed by atoms with van der Waals surface area (Å²) in [5, 5.41) is 8.89. The molecule has 1 aromatic rings. The number of aliphatic hydroxyl groups is 1. The maximum Gasteiger partial charge on any atom is 0.104 e. The van der Waals surface area contributed by atoms with E-state index in [0.717, 1.165) is 24.7 Å². The molecule has 2 bridgehead atoms. The molecule has 0 spiro atoms. The lowest BCUT2D eigenvalue weighted by atomic mass is 10.0. The van der Waals surface area contributed by atoms with Gasteiger partial charge in [-0.2, -0.15) is 0 Å². The van der Waals surface area contributed by atoms with Gasteiger partial charge in [0.25, 0.3) is 0 Å². The van der Waals surface area contributed by atoms with Crippen molar-refractivity contribution >= 4 is 0 Å². The number of likely N-dealkylation sites (tertiary alicyclic amines) is 1. The summed E-state index contributed by atoms with van der Waals surface area (Å²) in [6.07, 6.45) is 3.98. The minimum absolute atomic E-state index is 0.0768. The first-order valence-electron chi connectivity index (χ1n) is 7.90. The molecule has 2 saturated heterocycles. The Morgan fingerprint density at radius 1 is 1.19 bits per heavy atom. The molecule has 3 rings (SSSR count). The molecular formula is C18H24N2O. The van der Waals surface area contributed by atoms with E-state index in [9.17, 15) is 0 Å². The number of aliphatic hydroxyl groups excluding tert-OH is 1. The molecule has 0 aromatic heterocycles. The monoisotopic (exact) mass is 284 g/mol. The van der Waals surface area contributed by atoms with E-state index in [-0.39, 0.29) is 6.61 Å². The summed E-state index contributed by atoms with van der Waals surface area (Å²) >= 11 is 0. The maximum atomic E-state index is 8.89. The van der Waals surface area contributed by atoms with E-state index in [1.54, 1.807) is 0 Å². The van der Waals surface area contributed by atoms with Crippen LogP contribution in [0.3, 0.4) is 0 Å². The molecule has 2 aliphatic rings. The minimum Gasteiger partial charge on any atom is -0.384 e. The van der Waals surface area contributed by atoms with Gasteiger partial charge in [0.2, 0.25) is 0 Å². The molecular weight excluding hydrogens is 260 g/mol. The lowest BCUT2D eigenvalue weighted by molar-refractivity contribution is 0.214. The fourth-order valence-electron chi connectivity index (χ4n) is 3.68. The minimum atomic E-state index is -0.0768. The van der Waals surface area contributed by atoms with Gasteiger partial charge in [-0.05, 0) is 37.9 Å². The number of hydrogen-bond acceptors (Lipinski definition) is 3. The summed E-state index contributed by atoms with van der Waals surface area (Å²) in [4.78, 5) is 5.15. The van der Waals surface area contributed by atoms with Crippen LogP contribution >= 0.6 is 0 Å². The normalized spacial score (nSPS) is 26.2. The molecule has 2 unspecified atom stereocenters. The zero-order valence-corrected chi connectivity index (χ0v) is 12.8. The third kappa shape index (κ3) is 3.29. The molecule has 3 heteroatoms. The molecule has 0 saturated carbocycles. The van der Waals surface area contributed by atoms with Gasteiger partial charge in [-0.15, -0.1) is 0 Å². The highest BCUT2D eigenvalue weighted by Gasteiger charge is 2.34. The number of likely N-dealkylation sites (N-methyl/N-ethyl adjacent to an activating group) is 1. The summed E-state index contributed by atoms with van der Waals surface area (Å²) < 4.78 is 0. The fourth-order valence-corrected chi connectivity index (χ4v) is 3.68. The Morgan fingerprint density at radius 2 is 2.00 bits per heavy atom. The van der Waals surface area contributed by atoms with Crippen LogP contribution in [-0.4, -0.2) is 53.7 Å². The molecule has 0 aliphatic carbocycles. The van der Waals surface area contributed by atoms with Crippen molar-refractivity contribution in [2.24, 2.45) is 0 Å². The zero-order chi connectivity index (χ0) is 14.7. The van der Waals surface area contributed by atoms with Crippen LogP contribution in [0.15, 0.2) is 24.3 Å². The van der Waals surface area contributed by atoms with Gasteiger partial charge in [-0.1, -0.05) is 30.0 Å². The molecule has 2 heterocycles. The van der Waals surface area contributed by atoms with Crippen molar-refractivity contribution in [1.29, 1.82) is 0 Å². The molecule has 3 nitrogen and oxygen atoms in total. The van der Waals surface area contributed by atoms with Gasteiger partial charge in [-0.25, -0.2) is 0 Å². The fraction of sp³-hybridized carbons (Fsp3) is 0.556. The van der Waals surface area contributed by atoms with Crippen LogP contribution in [0.2, 0.25) is 0 Å². The largest absolute Gasteiger partial charge is 0.384 e. The Hall–Kier alpha value is -1.34. The van der Waals surface area contributed by atoms with Crippen molar-refractivity contribution in [2.75, 3.05) is 26.7 Å². The van der Waals surface area contributed by atoms with Crippen LogP contribution < -0.4 is 0 Å². The third-order valence-corrected chi connectivity index (χ3v) is 4.95. The van der Waals surface area contributed by atoms with E-state index >= 15 is 0 Å². The second-order valence-corrected chi connectivity index (χ2v) is 6.19. The molecule has 2 fully saturated rings. The predicted molar refractivity (Wildman–Crippen MR) is 84.9 cm³/mol. The van der Waals surface area contributed by atoms with E-state index in [2.05, 4.69) is 40.8 Å². The average molecular weight is 284 g/mol. The molecule has 1 N–H and O–H groups in total. The Bertz CT molecular complexity index is 546. The van der Waals surface area contributed by atoms with Crippen molar-refractivity contribution < 1.29 is 5.11 Å². The second kappa shape index (κ2) is 6.62. The Labute approximate surface area is 127 Å². The van der Waals surface area contributed by atoms with Crippen LogP contribution in [0.5, 0.6) is 0 Å². The number of benzene rings is 1. The summed E-state index contributed by atoms with van der Waals surface area (Å²) in [6, 6.07) is 9.80. The van der Waals surface area contributed by atoms with Gasteiger partial charge in [0.05, 0.1) is 0 Å². The van der Waals surface area contributed by atoms with Gasteiger partial charge < -0.3 is 5.11 Å². The van der Waals surface area contributed by atoms with Gasteiger partial charge in [0, 0.05) is 37.3 Å². The summed E-state index contributed by atoms with van der Waals surface area (Å²) in [5.74, 6) is 5.84. The highest BCUT2D eigenvalue weighted by atomic mass is 16.2. The van der Waals surface area contributed by atoms with Crippen molar-refractivity contribution in [1.82, 2.24) is 9.80 Å². The third-order valence-electron chi connectivity index (χ3n) is 4.95. The first-order chi connectivity index (χ1) is 10.3. The highest BCUT2D eigenvalue weighted by Crippen LogP contribution is 2.29. The molecule has 0 amide bonds. The Morgan fingerprint density at radius 3 is 2.86 bits per heavy atom. The number of hydrogen-bond donors (Lipinski definition) is 1. The van der Waals surface area contributed by atoms with E-state index in [1.807, 2.05) is 12.1 Å². The maximum absolute atomic E-state index is 8.89. The van der Waals surface area contributed by atoms with Gasteiger partial charge >= 0.3 is 0 Å². The van der Waals surface area contributed by atoms with Gasteiger partial charge in [0.15, 0.2) is 0 Å². The number of nitrogens with zero attached hydrogens (tertiary/aromatic N) is 2. The van der Waals surface area contributed by atoms with Crippen molar-refractivity contribution in [3.63, 3.8) is 0 Å². The molecule has 112 valence electrons. The van der Waals surface area contributed by atoms with E-state index in [0.29, 0.717) is 6.04 Å². The number of fused-ring (bicyclic) bond motifs is 2. The van der Waals surface area contributed by atoms with E-state index in [1.165, 1.54) is 31.4 Å². The topological polar surface area (TPSA) is 26.7 Å². The van der Waals surface area contributed by atoms with Crippen molar-refractivity contribution in [2.45, 2.75) is 37.9 Å². The van der Waals surface area contributed by atoms with Crippen LogP contribution in [0.1, 0.15) is 30.4 Å². The van der Waals surface area contributed by atoms with Crippen LogP contribution in [0, 0.1) is 11.8 Å². The molecule has 1 aromatic carbocycles. The van der Waals surface area contributed by atoms with Gasteiger partial charge in [0.1, 0.15) is 6.61 Å². The number of rotatable bonds is 2. The predicted octanol–water partition coefficient (Wildman–Crippen LogP) is 1.70. The summed E-state index contributed by atoms with van der Waals surface area (Å²) in [6.45, 7) is 3.22. The van der Waals surface area contributed by atoms with Crippen molar-refractivity contribution in [3.05, 3.63) is 35.4 Å². The summed E-state index contributed by atoms with van der Waals surface area (Å²) in [7, 11) is 2.28. The van der Waals surface area contributed by atoms with Crippen LogP contribution in [-0.2, 0) is 6.54 Å². The van der Waals surface area contributed by atoms with Crippen LogP contribution in [0.4, 0.5) is 0 Å². The lowest BCUT2D eigenvalue weighted by Gasteiger charge is -2.26. The lowest BCUT2D eigenvalue weighted by Crippen LogP contribution is -2.36. The average Bonchev–Trinajstić information content (AvgIpc) is 2.74. The highest BCUT2D eigenvalue weighted by molar-refractivity contribution is 5.41. The molecule has 0 radical (unpaired) electrons. The van der Waals surface area contributed by atoms with Gasteiger partial charge in [-0.3, -0.25) is 9.80 Å². The Kier molecular flexibility index (Phi) is 4.60. The van der Waals surface area contributed by atoms with Crippen LogP contribution in [0.25, 0.3) is 0 Å². The Balaban J connectivity index is 1.72. The van der Waals surface area contributed by atoms with Crippen molar-refractivity contribution in [3.8, 4) is 11.8 Å². The quantitative estimate of drug-likeness (QED) is 0.837. The second-order valence-electron chi connectivity index (χ2n) is 6.19. The standard InChI is InChI=1S/C18H24N2O/c1-19-17-8-9-18(19)14-20(11-10-17)13-16-6-3-2-5-15(16)7-4-12-21/h2-3,5-6,17-18,21H,8-14H2,1H3. The van der Waals surface area contributed by atoms with E-state index in [4.69, 9.17) is 5.11 Å². The zero-order valence-electron chi connectivity index (χ0n) is 12.8. The first kappa shape index (κ1) is 14.6. The first-order valence-corrected chi connectivity index (χ1v) is 7.90. The summed E-state index contributed by atoms with van der Waals surface area (Å²) in [5.41, 5.74) is 2.33. The smallest absolute Gasteiger partial charge is 0.104 e. The molecule has 21 heavy (non-hydrogen) atoms. The molecule has 2 atom stereocenters. The SMILES string of the molecule is CN1C2CCC1CN(Cc1ccccc1C#CCO)CC2.